The van der Waals surface area contributed by atoms with Gasteiger partial charge >= 0.3 is 0 Å². The SMILES string of the molecule is CC(=O)N[C@@](C)(c1cccc(F)c1)[C@@H](C=O)O[Si](C)(C)C(C)(C)C. The summed E-state index contributed by atoms with van der Waals surface area (Å²) in [5, 5.41) is 2.68. The Morgan fingerprint density at radius 1 is 1.29 bits per heavy atom. The van der Waals surface area contributed by atoms with Gasteiger partial charge in [-0.15, -0.1) is 0 Å². The van der Waals surface area contributed by atoms with E-state index >= 15 is 0 Å². The summed E-state index contributed by atoms with van der Waals surface area (Å²) < 4.78 is 19.9. The van der Waals surface area contributed by atoms with E-state index in [2.05, 4.69) is 26.1 Å². The molecule has 134 valence electrons. The van der Waals surface area contributed by atoms with Crippen LogP contribution in [0.15, 0.2) is 24.3 Å². The van der Waals surface area contributed by atoms with E-state index in [1.807, 2.05) is 13.1 Å². The Kier molecular flexibility index (Phi) is 6.11. The maximum Gasteiger partial charge on any atom is 0.217 e. The molecule has 0 aliphatic rings. The maximum atomic E-state index is 13.7. The van der Waals surface area contributed by atoms with Gasteiger partial charge in [0.05, 0.1) is 5.54 Å². The molecule has 0 unspecified atom stereocenters. The molecule has 0 aliphatic carbocycles. The highest BCUT2D eigenvalue weighted by molar-refractivity contribution is 6.74. The van der Waals surface area contributed by atoms with Gasteiger partial charge in [-0.05, 0) is 42.8 Å². The second-order valence-corrected chi connectivity index (χ2v) is 12.6. The van der Waals surface area contributed by atoms with Crippen LogP contribution in [-0.4, -0.2) is 26.6 Å². The van der Waals surface area contributed by atoms with Crippen LogP contribution in [0, 0.1) is 5.82 Å². The minimum Gasteiger partial charge on any atom is -0.404 e. The van der Waals surface area contributed by atoms with Crippen molar-refractivity contribution in [2.45, 2.75) is 64.4 Å². The number of hydrogen-bond acceptors (Lipinski definition) is 3. The fourth-order valence-electron chi connectivity index (χ4n) is 2.26. The number of rotatable bonds is 6. The van der Waals surface area contributed by atoms with Crippen molar-refractivity contribution in [2.24, 2.45) is 0 Å². The Hall–Kier alpha value is -1.53. The summed E-state index contributed by atoms with van der Waals surface area (Å²) in [6.45, 7) is 13.3. The number of carbonyl (C=O) groups is 2. The molecule has 0 saturated carbocycles. The topological polar surface area (TPSA) is 55.4 Å². The summed E-state index contributed by atoms with van der Waals surface area (Å²) >= 11 is 0. The Balaban J connectivity index is 3.36. The van der Waals surface area contributed by atoms with Crippen molar-refractivity contribution >= 4 is 20.5 Å². The summed E-state index contributed by atoms with van der Waals surface area (Å²) in [5.41, 5.74) is -0.654. The minimum absolute atomic E-state index is 0.104. The minimum atomic E-state index is -2.27. The molecule has 0 aromatic heterocycles. The van der Waals surface area contributed by atoms with Gasteiger partial charge in [-0.3, -0.25) is 4.79 Å². The summed E-state index contributed by atoms with van der Waals surface area (Å²) in [6, 6.07) is 5.88. The first kappa shape index (κ1) is 20.5. The maximum absolute atomic E-state index is 13.7. The molecule has 4 nitrogen and oxygen atoms in total. The van der Waals surface area contributed by atoms with Gasteiger partial charge in [-0.1, -0.05) is 32.9 Å². The number of halogens is 1. The van der Waals surface area contributed by atoms with Crippen molar-refractivity contribution in [2.75, 3.05) is 0 Å². The molecule has 0 spiro atoms. The fourth-order valence-corrected chi connectivity index (χ4v) is 3.54. The first-order valence-corrected chi connectivity index (χ1v) is 10.9. The summed E-state index contributed by atoms with van der Waals surface area (Å²) in [5.74, 6) is -0.742. The molecule has 1 aromatic rings. The zero-order chi connectivity index (χ0) is 18.8. The Labute approximate surface area is 144 Å². The molecule has 0 bridgehead atoms. The average molecular weight is 354 g/mol. The van der Waals surface area contributed by atoms with Crippen molar-refractivity contribution < 1.29 is 18.4 Å². The molecular weight excluding hydrogens is 325 g/mol. The predicted molar refractivity (Wildman–Crippen MR) is 95.7 cm³/mol. The second-order valence-electron chi connectivity index (χ2n) is 7.83. The lowest BCUT2D eigenvalue weighted by Gasteiger charge is -2.44. The highest BCUT2D eigenvalue weighted by Gasteiger charge is 2.45. The van der Waals surface area contributed by atoms with Crippen molar-refractivity contribution in [1.82, 2.24) is 5.32 Å². The third-order valence-electron chi connectivity index (χ3n) is 4.78. The van der Waals surface area contributed by atoms with Crippen LogP contribution in [0.3, 0.4) is 0 Å². The van der Waals surface area contributed by atoms with E-state index in [0.29, 0.717) is 11.8 Å². The van der Waals surface area contributed by atoms with Crippen LogP contribution < -0.4 is 5.32 Å². The largest absolute Gasteiger partial charge is 0.404 e. The number of benzene rings is 1. The Morgan fingerprint density at radius 2 is 1.88 bits per heavy atom. The van der Waals surface area contributed by atoms with Crippen molar-refractivity contribution in [3.63, 3.8) is 0 Å². The van der Waals surface area contributed by atoms with Crippen molar-refractivity contribution in [3.05, 3.63) is 35.6 Å². The highest BCUT2D eigenvalue weighted by Crippen LogP contribution is 2.39. The molecule has 1 rings (SSSR count). The third-order valence-corrected chi connectivity index (χ3v) is 9.24. The number of nitrogens with one attached hydrogen (secondary N) is 1. The van der Waals surface area contributed by atoms with E-state index in [0.717, 1.165) is 0 Å². The van der Waals surface area contributed by atoms with Gasteiger partial charge in [-0.25, -0.2) is 4.39 Å². The smallest absolute Gasteiger partial charge is 0.217 e. The van der Waals surface area contributed by atoms with Crippen LogP contribution >= 0.6 is 0 Å². The van der Waals surface area contributed by atoms with Crippen LogP contribution in [0.1, 0.15) is 40.2 Å². The summed E-state index contributed by atoms with van der Waals surface area (Å²) in [7, 11) is -2.27. The number of hydrogen-bond donors (Lipinski definition) is 1. The van der Waals surface area contributed by atoms with Crippen molar-refractivity contribution in [1.29, 1.82) is 0 Å². The van der Waals surface area contributed by atoms with Gasteiger partial charge in [0.15, 0.2) is 8.32 Å². The van der Waals surface area contributed by atoms with E-state index in [4.69, 9.17) is 4.43 Å². The van der Waals surface area contributed by atoms with Crippen LogP contribution in [0.4, 0.5) is 4.39 Å². The van der Waals surface area contributed by atoms with Crippen LogP contribution in [0.5, 0.6) is 0 Å². The van der Waals surface area contributed by atoms with Gasteiger partial charge < -0.3 is 14.5 Å². The molecular formula is C18H28FNO3Si. The highest BCUT2D eigenvalue weighted by atomic mass is 28.4. The van der Waals surface area contributed by atoms with E-state index < -0.39 is 25.8 Å². The van der Waals surface area contributed by atoms with Gasteiger partial charge in [0.25, 0.3) is 0 Å². The standard InChI is InChI=1S/C18H28FNO3Si/c1-13(22)20-18(5,14-9-8-10-15(19)11-14)16(12-21)23-24(6,7)17(2,3)4/h8-12,16H,1-7H3,(H,20,22)/t16-,18+/m1/s1. The number of amides is 1. The molecule has 0 saturated heterocycles. The molecule has 1 amide bonds. The third kappa shape index (κ3) is 4.51. The summed E-state index contributed by atoms with van der Waals surface area (Å²) in [4.78, 5) is 23.6. The first-order chi connectivity index (χ1) is 10.8. The van der Waals surface area contributed by atoms with Crippen LogP contribution in [-0.2, 0) is 19.6 Å². The van der Waals surface area contributed by atoms with Gasteiger partial charge in [0.1, 0.15) is 18.2 Å². The Bertz CT molecular complexity index is 613. The van der Waals surface area contributed by atoms with Crippen LogP contribution in [0.25, 0.3) is 0 Å². The quantitative estimate of drug-likeness (QED) is 0.626. The first-order valence-electron chi connectivity index (χ1n) is 8.01. The number of carbonyl (C=O) groups excluding carboxylic acids is 2. The van der Waals surface area contributed by atoms with Gasteiger partial charge in [-0.2, -0.15) is 0 Å². The summed E-state index contributed by atoms with van der Waals surface area (Å²) in [6.07, 6.45) is -0.217. The molecule has 6 heteroatoms. The lowest BCUT2D eigenvalue weighted by molar-refractivity contribution is -0.125. The lowest BCUT2D eigenvalue weighted by atomic mass is 9.86. The van der Waals surface area contributed by atoms with E-state index in [1.54, 1.807) is 19.1 Å². The van der Waals surface area contributed by atoms with Gasteiger partial charge in [0, 0.05) is 6.92 Å². The van der Waals surface area contributed by atoms with E-state index in [9.17, 15) is 14.0 Å². The predicted octanol–water partition coefficient (Wildman–Crippen LogP) is 3.77. The Morgan fingerprint density at radius 3 is 2.29 bits per heavy atom. The lowest BCUT2D eigenvalue weighted by Crippen LogP contribution is -2.57. The van der Waals surface area contributed by atoms with Crippen molar-refractivity contribution in [3.8, 4) is 0 Å². The molecule has 0 heterocycles. The zero-order valence-electron chi connectivity index (χ0n) is 15.6. The molecule has 24 heavy (non-hydrogen) atoms. The molecule has 0 fully saturated rings. The monoisotopic (exact) mass is 353 g/mol. The average Bonchev–Trinajstić information content (AvgIpc) is 2.42. The number of aldehydes is 1. The second kappa shape index (κ2) is 7.15. The molecule has 1 N–H and O–H groups in total. The molecule has 0 radical (unpaired) electrons. The fraction of sp³-hybridized carbons (Fsp3) is 0.556. The zero-order valence-corrected chi connectivity index (χ0v) is 16.6. The van der Waals surface area contributed by atoms with E-state index in [1.165, 1.54) is 19.1 Å². The molecule has 0 aliphatic heterocycles. The molecule has 2 atom stereocenters. The normalized spacial score (nSPS) is 16.2. The van der Waals surface area contributed by atoms with Gasteiger partial charge in [0.2, 0.25) is 5.91 Å². The molecule has 1 aromatic carbocycles. The van der Waals surface area contributed by atoms with Crippen LogP contribution in [0.2, 0.25) is 18.1 Å². The van der Waals surface area contributed by atoms with E-state index in [-0.39, 0.29) is 10.9 Å².